The Morgan fingerprint density at radius 2 is 2.05 bits per heavy atom. The van der Waals surface area contributed by atoms with Gasteiger partial charge in [0.2, 0.25) is 0 Å². The minimum Gasteiger partial charge on any atom is -0.312 e. The molecular weight excluding hydrogens is 370 g/mol. The van der Waals surface area contributed by atoms with E-state index >= 15 is 0 Å². The largest absolute Gasteiger partial charge is 0.312 e. The number of nitrogens with one attached hydrogen (secondary N) is 1. The summed E-state index contributed by atoms with van der Waals surface area (Å²) in [6.45, 7) is 6.27. The van der Waals surface area contributed by atoms with E-state index in [4.69, 9.17) is 0 Å². The molecule has 0 amide bonds. The van der Waals surface area contributed by atoms with E-state index in [0.717, 1.165) is 27.7 Å². The van der Waals surface area contributed by atoms with E-state index in [2.05, 4.69) is 74.3 Å². The lowest BCUT2D eigenvalue weighted by molar-refractivity contribution is 0.551. The van der Waals surface area contributed by atoms with Crippen molar-refractivity contribution in [3.8, 4) is 5.69 Å². The summed E-state index contributed by atoms with van der Waals surface area (Å²) in [5.74, 6) is 0.651. The second kappa shape index (κ2) is 6.68. The minimum absolute atomic E-state index is 0.651. The predicted octanol–water partition coefficient (Wildman–Crippen LogP) is 4.14. The van der Waals surface area contributed by atoms with Gasteiger partial charge in [0.15, 0.2) is 0 Å². The first-order valence-electron chi connectivity index (χ1n) is 6.26. The lowest BCUT2D eigenvalue weighted by atomic mass is 10.1. The smallest absolute Gasteiger partial charge is 0.0702 e. The van der Waals surface area contributed by atoms with Gasteiger partial charge in [0, 0.05) is 17.2 Å². The first-order chi connectivity index (χ1) is 9.06. The number of halogens is 2. The molecule has 1 heterocycles. The van der Waals surface area contributed by atoms with Crippen LogP contribution in [0.15, 0.2) is 39.5 Å². The predicted molar refractivity (Wildman–Crippen MR) is 85.5 cm³/mol. The SMILES string of the molecule is CC(C)CNCc1ccc(Br)cc1-n1cc(Br)cn1. The van der Waals surface area contributed by atoms with Crippen LogP contribution in [0.4, 0.5) is 0 Å². The van der Waals surface area contributed by atoms with Gasteiger partial charge in [-0.2, -0.15) is 5.10 Å². The van der Waals surface area contributed by atoms with E-state index in [1.807, 2.05) is 10.9 Å². The molecule has 1 N–H and O–H groups in total. The normalized spacial score (nSPS) is 11.2. The standard InChI is InChI=1S/C14H17Br2N3/c1-10(2)6-17-7-11-3-4-12(15)5-14(11)19-9-13(16)8-18-19/h3-5,8-10,17H,6-7H2,1-2H3. The maximum Gasteiger partial charge on any atom is 0.0702 e. The summed E-state index contributed by atoms with van der Waals surface area (Å²) in [6.07, 6.45) is 3.76. The lowest BCUT2D eigenvalue weighted by Gasteiger charge is -2.12. The van der Waals surface area contributed by atoms with E-state index < -0.39 is 0 Å². The highest BCUT2D eigenvalue weighted by Gasteiger charge is 2.07. The molecule has 2 aromatic rings. The first kappa shape index (κ1) is 14.8. The lowest BCUT2D eigenvalue weighted by Crippen LogP contribution is -2.20. The number of aromatic nitrogens is 2. The van der Waals surface area contributed by atoms with Crippen LogP contribution >= 0.6 is 31.9 Å². The van der Waals surface area contributed by atoms with Gasteiger partial charge in [-0.3, -0.25) is 0 Å². The number of benzene rings is 1. The van der Waals surface area contributed by atoms with Crippen molar-refractivity contribution in [2.24, 2.45) is 5.92 Å². The molecular formula is C14H17Br2N3. The van der Waals surface area contributed by atoms with Gasteiger partial charge in [-0.1, -0.05) is 35.8 Å². The van der Waals surface area contributed by atoms with Gasteiger partial charge in [0.25, 0.3) is 0 Å². The molecule has 0 aliphatic carbocycles. The van der Waals surface area contributed by atoms with Crippen LogP contribution in [0.25, 0.3) is 5.69 Å². The van der Waals surface area contributed by atoms with Crippen LogP contribution in [-0.2, 0) is 6.54 Å². The van der Waals surface area contributed by atoms with Crippen LogP contribution in [0.3, 0.4) is 0 Å². The Morgan fingerprint density at radius 3 is 2.68 bits per heavy atom. The highest BCUT2D eigenvalue weighted by molar-refractivity contribution is 9.10. The third-order valence-electron chi connectivity index (χ3n) is 2.71. The fraction of sp³-hybridized carbons (Fsp3) is 0.357. The average Bonchev–Trinajstić information content (AvgIpc) is 2.77. The van der Waals surface area contributed by atoms with Gasteiger partial charge in [0.05, 0.1) is 16.4 Å². The van der Waals surface area contributed by atoms with Gasteiger partial charge < -0.3 is 5.32 Å². The summed E-state index contributed by atoms with van der Waals surface area (Å²) in [7, 11) is 0. The first-order valence-corrected chi connectivity index (χ1v) is 7.84. The number of nitrogens with zero attached hydrogens (tertiary/aromatic N) is 2. The monoisotopic (exact) mass is 385 g/mol. The van der Waals surface area contributed by atoms with Crippen molar-refractivity contribution in [3.05, 3.63) is 45.1 Å². The van der Waals surface area contributed by atoms with Gasteiger partial charge in [-0.25, -0.2) is 4.68 Å². The molecule has 5 heteroatoms. The maximum atomic E-state index is 4.35. The van der Waals surface area contributed by atoms with Crippen molar-refractivity contribution in [2.75, 3.05) is 6.54 Å². The molecule has 0 unspecified atom stereocenters. The van der Waals surface area contributed by atoms with Crippen molar-refractivity contribution in [2.45, 2.75) is 20.4 Å². The Hall–Kier alpha value is -0.650. The van der Waals surface area contributed by atoms with E-state index in [1.54, 1.807) is 6.20 Å². The van der Waals surface area contributed by atoms with Crippen molar-refractivity contribution in [1.82, 2.24) is 15.1 Å². The van der Waals surface area contributed by atoms with E-state index in [-0.39, 0.29) is 0 Å². The third-order valence-corrected chi connectivity index (χ3v) is 3.62. The molecule has 0 aliphatic heterocycles. The van der Waals surface area contributed by atoms with Crippen molar-refractivity contribution < 1.29 is 0 Å². The maximum absolute atomic E-state index is 4.35. The van der Waals surface area contributed by atoms with E-state index in [0.29, 0.717) is 5.92 Å². The second-order valence-corrected chi connectivity index (χ2v) is 6.73. The summed E-state index contributed by atoms with van der Waals surface area (Å²) in [5, 5.41) is 7.82. The molecule has 0 saturated carbocycles. The minimum atomic E-state index is 0.651. The molecule has 0 atom stereocenters. The molecule has 1 aromatic heterocycles. The number of hydrogen-bond donors (Lipinski definition) is 1. The summed E-state index contributed by atoms with van der Waals surface area (Å²) >= 11 is 6.95. The Kier molecular flexibility index (Phi) is 5.19. The van der Waals surface area contributed by atoms with Crippen LogP contribution in [0, 0.1) is 5.92 Å². The summed E-state index contributed by atoms with van der Waals surface area (Å²) in [6, 6.07) is 6.28. The van der Waals surface area contributed by atoms with Gasteiger partial charge in [-0.15, -0.1) is 0 Å². The van der Waals surface area contributed by atoms with E-state index in [9.17, 15) is 0 Å². The molecule has 0 radical (unpaired) electrons. The molecule has 0 spiro atoms. The molecule has 3 nitrogen and oxygen atoms in total. The topological polar surface area (TPSA) is 29.9 Å². The molecule has 1 aromatic carbocycles. The zero-order valence-corrected chi connectivity index (χ0v) is 14.2. The Balaban J connectivity index is 2.23. The Morgan fingerprint density at radius 1 is 1.26 bits per heavy atom. The second-order valence-electron chi connectivity index (χ2n) is 4.90. The fourth-order valence-electron chi connectivity index (χ4n) is 1.83. The molecule has 0 aliphatic rings. The summed E-state index contributed by atoms with van der Waals surface area (Å²) in [4.78, 5) is 0. The Labute approximate surface area is 130 Å². The Bertz CT molecular complexity index is 549. The molecule has 2 rings (SSSR count). The zero-order valence-electron chi connectivity index (χ0n) is 11.0. The van der Waals surface area contributed by atoms with Crippen LogP contribution in [-0.4, -0.2) is 16.3 Å². The number of rotatable bonds is 5. The number of hydrogen-bond acceptors (Lipinski definition) is 2. The molecule has 19 heavy (non-hydrogen) atoms. The average molecular weight is 387 g/mol. The van der Waals surface area contributed by atoms with Crippen LogP contribution < -0.4 is 5.32 Å². The van der Waals surface area contributed by atoms with Gasteiger partial charge in [-0.05, 0) is 46.1 Å². The quantitative estimate of drug-likeness (QED) is 0.836. The fourth-order valence-corrected chi connectivity index (χ4v) is 2.46. The molecule has 0 bridgehead atoms. The third kappa shape index (κ3) is 4.16. The van der Waals surface area contributed by atoms with Crippen molar-refractivity contribution in [3.63, 3.8) is 0 Å². The molecule has 102 valence electrons. The zero-order chi connectivity index (χ0) is 13.8. The molecule has 0 fully saturated rings. The highest BCUT2D eigenvalue weighted by atomic mass is 79.9. The van der Waals surface area contributed by atoms with Gasteiger partial charge in [0.1, 0.15) is 0 Å². The summed E-state index contributed by atoms with van der Waals surface area (Å²) < 4.78 is 3.93. The summed E-state index contributed by atoms with van der Waals surface area (Å²) in [5.41, 5.74) is 2.33. The van der Waals surface area contributed by atoms with E-state index in [1.165, 1.54) is 5.56 Å². The van der Waals surface area contributed by atoms with Gasteiger partial charge >= 0.3 is 0 Å². The van der Waals surface area contributed by atoms with Crippen molar-refractivity contribution >= 4 is 31.9 Å². The van der Waals surface area contributed by atoms with Crippen LogP contribution in [0.2, 0.25) is 0 Å². The van der Waals surface area contributed by atoms with Crippen LogP contribution in [0.5, 0.6) is 0 Å². The van der Waals surface area contributed by atoms with Crippen molar-refractivity contribution in [1.29, 1.82) is 0 Å². The molecule has 0 saturated heterocycles. The van der Waals surface area contributed by atoms with Crippen LogP contribution in [0.1, 0.15) is 19.4 Å². The highest BCUT2D eigenvalue weighted by Crippen LogP contribution is 2.21.